The third kappa shape index (κ3) is 6.33. The molecule has 3 aromatic carbocycles. The van der Waals surface area contributed by atoms with E-state index in [0.29, 0.717) is 11.4 Å². The van der Waals surface area contributed by atoms with Gasteiger partial charge in [-0.3, -0.25) is 9.59 Å². The van der Waals surface area contributed by atoms with Gasteiger partial charge in [0.1, 0.15) is 10.9 Å². The van der Waals surface area contributed by atoms with Gasteiger partial charge in [0.2, 0.25) is 22.1 Å². The van der Waals surface area contributed by atoms with Gasteiger partial charge in [-0.15, -0.1) is 0 Å². The summed E-state index contributed by atoms with van der Waals surface area (Å²) in [5, 5.41) is 2.52. The second kappa shape index (κ2) is 11.9. The number of para-hydroxylation sites is 1. The molecule has 2 amide bonds. The first-order valence-electron chi connectivity index (χ1n) is 12.3. The van der Waals surface area contributed by atoms with Crippen molar-refractivity contribution >= 4 is 56.4 Å². The van der Waals surface area contributed by atoms with Crippen molar-refractivity contribution in [1.82, 2.24) is 10.0 Å². The van der Waals surface area contributed by atoms with Crippen LogP contribution in [0.4, 0.5) is 5.69 Å². The van der Waals surface area contributed by atoms with E-state index >= 15 is 0 Å². The normalized spacial score (nSPS) is 16.4. The summed E-state index contributed by atoms with van der Waals surface area (Å²) < 4.78 is 28.9. The van der Waals surface area contributed by atoms with Crippen LogP contribution < -0.4 is 14.9 Å². The van der Waals surface area contributed by atoms with E-state index in [0.717, 1.165) is 11.1 Å². The van der Waals surface area contributed by atoms with Crippen LogP contribution in [0.3, 0.4) is 0 Å². The molecule has 0 saturated carbocycles. The number of amides is 2. The molecule has 1 aliphatic heterocycles. The van der Waals surface area contributed by atoms with Crippen LogP contribution in [0.15, 0.2) is 82.7 Å². The van der Waals surface area contributed by atoms with Gasteiger partial charge in [0.25, 0.3) is 5.91 Å². The molecule has 11 heteroatoms. The number of hydrogen-bond donors (Lipinski definition) is 2. The molecule has 0 saturated heterocycles. The molecule has 0 bridgehead atoms. The zero-order chi connectivity index (χ0) is 28.3. The fraction of sp³-hybridized carbons (Fsp3) is 0.250. The Morgan fingerprint density at radius 3 is 2.23 bits per heavy atom. The second-order valence-electron chi connectivity index (χ2n) is 9.52. The number of rotatable bonds is 8. The Morgan fingerprint density at radius 2 is 1.59 bits per heavy atom. The van der Waals surface area contributed by atoms with Gasteiger partial charge in [0, 0.05) is 18.2 Å². The van der Waals surface area contributed by atoms with E-state index in [4.69, 9.17) is 23.2 Å². The lowest BCUT2D eigenvalue weighted by atomic mass is 10.0. The summed E-state index contributed by atoms with van der Waals surface area (Å²) in [5.74, 6) is -1.24. The van der Waals surface area contributed by atoms with E-state index in [1.165, 1.54) is 23.1 Å². The van der Waals surface area contributed by atoms with Crippen molar-refractivity contribution in [3.05, 3.63) is 94.0 Å². The van der Waals surface area contributed by atoms with Gasteiger partial charge in [-0.25, -0.2) is 13.4 Å². The van der Waals surface area contributed by atoms with Crippen LogP contribution in [-0.4, -0.2) is 45.2 Å². The van der Waals surface area contributed by atoms with Gasteiger partial charge >= 0.3 is 0 Å². The standard InChI is InChI=1S/C28H28Cl2N4O4S/c1-17(2)16-22(33-39(37,38)25-20(29)13-9-14-21(25)30)27(35)32-26-28(36)34(3)23-15-8-7-12-19(23)24(31-26)18-10-5-4-6-11-18/h4-15,17,22,26,33H,16H2,1-3H3,(H,32,35). The van der Waals surface area contributed by atoms with E-state index in [1.54, 1.807) is 13.1 Å². The maximum atomic E-state index is 13.6. The fourth-order valence-electron chi connectivity index (χ4n) is 4.34. The number of benzene rings is 3. The van der Waals surface area contributed by atoms with Crippen LogP contribution in [0.5, 0.6) is 0 Å². The zero-order valence-electron chi connectivity index (χ0n) is 21.6. The first kappa shape index (κ1) is 28.8. The largest absolute Gasteiger partial charge is 0.325 e. The van der Waals surface area contributed by atoms with Crippen LogP contribution in [-0.2, 0) is 19.6 Å². The Hall–Kier alpha value is -3.24. The highest BCUT2D eigenvalue weighted by atomic mass is 35.5. The Bertz CT molecular complexity index is 1510. The van der Waals surface area contributed by atoms with Gasteiger partial charge in [0.15, 0.2) is 0 Å². The Morgan fingerprint density at radius 1 is 0.974 bits per heavy atom. The average molecular weight is 588 g/mol. The van der Waals surface area contributed by atoms with Crippen molar-refractivity contribution < 1.29 is 18.0 Å². The Balaban J connectivity index is 1.70. The molecule has 1 aliphatic rings. The molecule has 0 fully saturated rings. The highest BCUT2D eigenvalue weighted by molar-refractivity contribution is 7.89. The third-order valence-electron chi connectivity index (χ3n) is 6.18. The Labute approximate surface area is 238 Å². The Kier molecular flexibility index (Phi) is 8.76. The highest BCUT2D eigenvalue weighted by Gasteiger charge is 2.35. The van der Waals surface area contributed by atoms with Gasteiger partial charge in [-0.2, -0.15) is 4.72 Å². The minimum Gasteiger partial charge on any atom is -0.325 e. The number of benzodiazepines with no additional fused rings is 1. The van der Waals surface area contributed by atoms with Gasteiger partial charge in [0.05, 0.1) is 21.4 Å². The predicted molar refractivity (Wildman–Crippen MR) is 154 cm³/mol. The highest BCUT2D eigenvalue weighted by Crippen LogP contribution is 2.30. The van der Waals surface area contributed by atoms with Crippen molar-refractivity contribution in [1.29, 1.82) is 0 Å². The molecule has 0 aromatic heterocycles. The quantitative estimate of drug-likeness (QED) is 0.400. The molecule has 4 rings (SSSR count). The summed E-state index contributed by atoms with van der Waals surface area (Å²) in [6.45, 7) is 3.70. The lowest BCUT2D eigenvalue weighted by molar-refractivity contribution is -0.128. The summed E-state index contributed by atoms with van der Waals surface area (Å²) in [5.41, 5.74) is 2.65. The van der Waals surface area contributed by atoms with Crippen molar-refractivity contribution in [2.75, 3.05) is 11.9 Å². The van der Waals surface area contributed by atoms with Crippen LogP contribution in [0.1, 0.15) is 31.4 Å². The maximum absolute atomic E-state index is 13.6. The van der Waals surface area contributed by atoms with E-state index < -0.39 is 34.0 Å². The smallest absolute Gasteiger partial charge is 0.272 e. The lowest BCUT2D eigenvalue weighted by Crippen LogP contribution is -2.53. The number of aliphatic imine (C=N–C) groups is 1. The SMILES string of the molecule is CC(C)CC(NS(=O)(=O)c1c(Cl)cccc1Cl)C(=O)NC1N=C(c2ccccc2)c2ccccc2N(C)C1=O. The van der Waals surface area contributed by atoms with E-state index in [2.05, 4.69) is 15.0 Å². The summed E-state index contributed by atoms with van der Waals surface area (Å²) in [6, 6.07) is 19.8. The molecule has 0 spiro atoms. The molecule has 204 valence electrons. The number of fused-ring (bicyclic) bond motifs is 1. The molecular formula is C28H28Cl2N4O4S. The fourth-order valence-corrected chi connectivity index (χ4v) is 6.70. The average Bonchev–Trinajstić information content (AvgIpc) is 2.99. The van der Waals surface area contributed by atoms with E-state index in [9.17, 15) is 18.0 Å². The van der Waals surface area contributed by atoms with Gasteiger partial charge < -0.3 is 10.2 Å². The molecule has 0 radical (unpaired) electrons. The number of nitrogens with zero attached hydrogens (tertiary/aromatic N) is 2. The molecule has 2 unspecified atom stereocenters. The summed E-state index contributed by atoms with van der Waals surface area (Å²) in [6.07, 6.45) is -1.15. The van der Waals surface area contributed by atoms with Gasteiger partial charge in [-0.1, -0.05) is 91.6 Å². The number of halogens is 2. The molecule has 1 heterocycles. The number of carbonyl (C=O) groups is 2. The van der Waals surface area contributed by atoms with Crippen LogP contribution in [0, 0.1) is 5.92 Å². The van der Waals surface area contributed by atoms with Crippen molar-refractivity contribution in [2.24, 2.45) is 10.9 Å². The second-order valence-corrected chi connectivity index (χ2v) is 12.0. The minimum absolute atomic E-state index is 0.0645. The third-order valence-corrected chi connectivity index (χ3v) is 8.60. The number of carbonyl (C=O) groups excluding carboxylic acids is 2. The van der Waals surface area contributed by atoms with Crippen molar-refractivity contribution in [2.45, 2.75) is 37.4 Å². The molecule has 0 aliphatic carbocycles. The predicted octanol–water partition coefficient (Wildman–Crippen LogP) is 4.64. The van der Waals surface area contributed by atoms with Crippen LogP contribution in [0.25, 0.3) is 0 Å². The van der Waals surface area contributed by atoms with E-state index in [1.807, 2.05) is 62.4 Å². The van der Waals surface area contributed by atoms with Crippen molar-refractivity contribution in [3.8, 4) is 0 Å². The van der Waals surface area contributed by atoms with Crippen LogP contribution >= 0.6 is 23.2 Å². The lowest BCUT2D eigenvalue weighted by Gasteiger charge is -2.24. The topological polar surface area (TPSA) is 108 Å². The first-order valence-corrected chi connectivity index (χ1v) is 14.5. The number of anilines is 1. The molecule has 3 aromatic rings. The zero-order valence-corrected chi connectivity index (χ0v) is 23.9. The number of sulfonamides is 1. The molecule has 2 atom stereocenters. The summed E-state index contributed by atoms with van der Waals surface area (Å²) in [4.78, 5) is 32.8. The van der Waals surface area contributed by atoms with Gasteiger partial charge in [-0.05, 0) is 30.5 Å². The molecule has 8 nitrogen and oxygen atoms in total. The van der Waals surface area contributed by atoms with Crippen LogP contribution in [0.2, 0.25) is 10.0 Å². The van der Waals surface area contributed by atoms with E-state index in [-0.39, 0.29) is 27.3 Å². The molecular weight excluding hydrogens is 559 g/mol. The maximum Gasteiger partial charge on any atom is 0.272 e. The molecule has 39 heavy (non-hydrogen) atoms. The summed E-state index contributed by atoms with van der Waals surface area (Å²) in [7, 11) is -2.68. The summed E-state index contributed by atoms with van der Waals surface area (Å²) >= 11 is 12.3. The van der Waals surface area contributed by atoms with Crippen molar-refractivity contribution in [3.63, 3.8) is 0 Å². The number of nitrogens with one attached hydrogen (secondary N) is 2. The number of likely N-dealkylation sites (N-methyl/N-ethyl adjacent to an activating group) is 1. The minimum atomic E-state index is -4.29. The monoisotopic (exact) mass is 586 g/mol. The first-order chi connectivity index (χ1) is 18.5. The molecule has 2 N–H and O–H groups in total. The number of hydrogen-bond acceptors (Lipinski definition) is 5.